The van der Waals surface area contributed by atoms with Crippen molar-refractivity contribution in [2.45, 2.75) is 12.5 Å². The van der Waals surface area contributed by atoms with E-state index >= 15 is 0 Å². The molecule has 1 atom stereocenters. The van der Waals surface area contributed by atoms with E-state index in [9.17, 15) is 5.11 Å². The minimum absolute atomic E-state index is 0.412. The monoisotopic (exact) mass is 264 g/mol. The van der Waals surface area contributed by atoms with E-state index in [1.165, 1.54) is 0 Å². The summed E-state index contributed by atoms with van der Waals surface area (Å²) < 4.78 is 5.32. The number of morpholine rings is 1. The highest BCUT2D eigenvalue weighted by molar-refractivity contribution is 5.17. The number of rotatable bonds is 7. The molecule has 4 nitrogen and oxygen atoms in total. The van der Waals surface area contributed by atoms with Gasteiger partial charge in [-0.05, 0) is 25.1 Å². The lowest BCUT2D eigenvalue weighted by molar-refractivity contribution is 0.0373. The van der Waals surface area contributed by atoms with Crippen LogP contribution in [0.3, 0.4) is 0 Å². The van der Waals surface area contributed by atoms with Gasteiger partial charge in [-0.25, -0.2) is 0 Å². The number of aliphatic hydroxyl groups excluding tert-OH is 1. The lowest BCUT2D eigenvalue weighted by atomic mass is 10.1. The smallest absolute Gasteiger partial charge is 0.0914 e. The Morgan fingerprint density at radius 1 is 1.21 bits per heavy atom. The van der Waals surface area contributed by atoms with Gasteiger partial charge in [0.25, 0.3) is 0 Å². The standard InChI is InChI=1S/C15H24N2O2/c18-15(14-5-2-1-3-6-14)13-16-7-4-8-17-9-11-19-12-10-17/h1-3,5-6,15-16,18H,4,7-13H2/t15-/m0/s1. The van der Waals surface area contributed by atoms with Crippen molar-refractivity contribution in [3.8, 4) is 0 Å². The van der Waals surface area contributed by atoms with E-state index in [0.717, 1.165) is 51.4 Å². The Morgan fingerprint density at radius 3 is 2.68 bits per heavy atom. The molecule has 2 N–H and O–H groups in total. The lowest BCUT2D eigenvalue weighted by Gasteiger charge is -2.26. The highest BCUT2D eigenvalue weighted by Gasteiger charge is 2.09. The van der Waals surface area contributed by atoms with E-state index in [2.05, 4.69) is 10.2 Å². The Kier molecular flexibility index (Phi) is 6.30. The molecule has 0 radical (unpaired) electrons. The summed E-state index contributed by atoms with van der Waals surface area (Å²) in [4.78, 5) is 2.43. The van der Waals surface area contributed by atoms with Crippen LogP contribution in [0.2, 0.25) is 0 Å². The predicted octanol–water partition coefficient (Wildman–Crippen LogP) is 1.03. The molecule has 2 rings (SSSR count). The van der Waals surface area contributed by atoms with Crippen LogP contribution in [0.1, 0.15) is 18.1 Å². The largest absolute Gasteiger partial charge is 0.387 e. The first-order valence-corrected chi connectivity index (χ1v) is 7.10. The van der Waals surface area contributed by atoms with Crippen molar-refractivity contribution in [1.82, 2.24) is 10.2 Å². The molecule has 0 unspecified atom stereocenters. The van der Waals surface area contributed by atoms with Crippen molar-refractivity contribution in [2.75, 3.05) is 45.9 Å². The third-order valence-corrected chi connectivity index (χ3v) is 3.45. The van der Waals surface area contributed by atoms with Crippen molar-refractivity contribution < 1.29 is 9.84 Å². The third kappa shape index (κ3) is 5.28. The average molecular weight is 264 g/mol. The van der Waals surface area contributed by atoms with E-state index in [1.807, 2.05) is 30.3 Å². The summed E-state index contributed by atoms with van der Waals surface area (Å²) in [6.07, 6.45) is 0.700. The molecule has 0 aromatic heterocycles. The molecule has 0 spiro atoms. The van der Waals surface area contributed by atoms with Gasteiger partial charge < -0.3 is 15.2 Å². The summed E-state index contributed by atoms with van der Waals surface area (Å²) in [5, 5.41) is 13.3. The molecule has 19 heavy (non-hydrogen) atoms. The average Bonchev–Trinajstić information content (AvgIpc) is 2.49. The minimum atomic E-state index is -0.412. The number of ether oxygens (including phenoxy) is 1. The fourth-order valence-corrected chi connectivity index (χ4v) is 2.28. The van der Waals surface area contributed by atoms with Crippen molar-refractivity contribution in [3.05, 3.63) is 35.9 Å². The maximum Gasteiger partial charge on any atom is 0.0914 e. The second-order valence-corrected chi connectivity index (χ2v) is 4.94. The first-order valence-electron chi connectivity index (χ1n) is 7.10. The number of hydrogen-bond donors (Lipinski definition) is 2. The Balaban J connectivity index is 1.54. The zero-order chi connectivity index (χ0) is 13.3. The normalized spacial score (nSPS) is 18.4. The summed E-state index contributed by atoms with van der Waals surface area (Å²) in [5.74, 6) is 0. The molecule has 0 amide bonds. The number of aliphatic hydroxyl groups is 1. The summed E-state index contributed by atoms with van der Waals surface area (Å²) in [5.41, 5.74) is 0.975. The summed E-state index contributed by atoms with van der Waals surface area (Å²) in [6, 6.07) is 9.79. The van der Waals surface area contributed by atoms with Crippen LogP contribution >= 0.6 is 0 Å². The highest BCUT2D eigenvalue weighted by Crippen LogP contribution is 2.10. The topological polar surface area (TPSA) is 44.7 Å². The summed E-state index contributed by atoms with van der Waals surface area (Å²) in [7, 11) is 0. The Morgan fingerprint density at radius 2 is 1.95 bits per heavy atom. The van der Waals surface area contributed by atoms with Crippen molar-refractivity contribution >= 4 is 0 Å². The second-order valence-electron chi connectivity index (χ2n) is 4.94. The van der Waals surface area contributed by atoms with Crippen molar-refractivity contribution in [1.29, 1.82) is 0 Å². The van der Waals surface area contributed by atoms with Crippen LogP contribution in [0.15, 0.2) is 30.3 Å². The fraction of sp³-hybridized carbons (Fsp3) is 0.600. The second kappa shape index (κ2) is 8.27. The maximum atomic E-state index is 9.98. The van der Waals surface area contributed by atoms with Crippen LogP contribution < -0.4 is 5.32 Å². The molecule has 106 valence electrons. The number of nitrogens with zero attached hydrogens (tertiary/aromatic N) is 1. The molecule has 4 heteroatoms. The van der Waals surface area contributed by atoms with E-state index < -0.39 is 6.10 Å². The zero-order valence-electron chi connectivity index (χ0n) is 11.4. The molecule has 1 fully saturated rings. The lowest BCUT2D eigenvalue weighted by Crippen LogP contribution is -2.37. The van der Waals surface area contributed by atoms with Crippen LogP contribution in [0.25, 0.3) is 0 Å². The Bertz CT molecular complexity index is 339. The van der Waals surface area contributed by atoms with Crippen LogP contribution in [-0.2, 0) is 4.74 Å². The van der Waals surface area contributed by atoms with Crippen molar-refractivity contribution in [2.24, 2.45) is 0 Å². The third-order valence-electron chi connectivity index (χ3n) is 3.45. The van der Waals surface area contributed by atoms with Gasteiger partial charge in [-0.15, -0.1) is 0 Å². The number of nitrogens with one attached hydrogen (secondary N) is 1. The number of benzene rings is 1. The summed E-state index contributed by atoms with van der Waals surface area (Å²) in [6.45, 7) is 6.49. The SMILES string of the molecule is O[C@@H](CNCCCN1CCOCC1)c1ccccc1. The van der Waals surface area contributed by atoms with Gasteiger partial charge in [0.05, 0.1) is 19.3 Å². The van der Waals surface area contributed by atoms with E-state index in [4.69, 9.17) is 4.74 Å². The van der Waals surface area contributed by atoms with E-state index in [-0.39, 0.29) is 0 Å². The molecule has 0 aliphatic carbocycles. The van der Waals surface area contributed by atoms with Gasteiger partial charge >= 0.3 is 0 Å². The van der Waals surface area contributed by atoms with Crippen LogP contribution in [0.4, 0.5) is 0 Å². The molecule has 1 aliphatic heterocycles. The Hall–Kier alpha value is -0.940. The molecule has 0 bridgehead atoms. The van der Waals surface area contributed by atoms with Gasteiger partial charge in [0, 0.05) is 19.6 Å². The molecule has 1 saturated heterocycles. The molecular formula is C15H24N2O2. The van der Waals surface area contributed by atoms with Gasteiger partial charge in [-0.3, -0.25) is 4.90 Å². The molecular weight excluding hydrogens is 240 g/mol. The number of hydrogen-bond acceptors (Lipinski definition) is 4. The molecule has 0 saturated carbocycles. The van der Waals surface area contributed by atoms with Gasteiger partial charge in [0.2, 0.25) is 0 Å². The molecule has 1 aliphatic rings. The van der Waals surface area contributed by atoms with Gasteiger partial charge in [-0.2, -0.15) is 0 Å². The molecule has 1 heterocycles. The van der Waals surface area contributed by atoms with E-state index in [1.54, 1.807) is 0 Å². The van der Waals surface area contributed by atoms with Gasteiger partial charge in [0.1, 0.15) is 0 Å². The first-order chi connectivity index (χ1) is 9.36. The predicted molar refractivity (Wildman–Crippen MR) is 76.1 cm³/mol. The van der Waals surface area contributed by atoms with Crippen molar-refractivity contribution in [3.63, 3.8) is 0 Å². The zero-order valence-corrected chi connectivity index (χ0v) is 11.4. The highest BCUT2D eigenvalue weighted by atomic mass is 16.5. The molecule has 1 aromatic carbocycles. The summed E-state index contributed by atoms with van der Waals surface area (Å²) >= 11 is 0. The molecule has 1 aromatic rings. The van der Waals surface area contributed by atoms with Gasteiger partial charge in [-0.1, -0.05) is 30.3 Å². The minimum Gasteiger partial charge on any atom is -0.387 e. The van der Waals surface area contributed by atoms with Gasteiger partial charge in [0.15, 0.2) is 0 Å². The van der Waals surface area contributed by atoms with Crippen LogP contribution in [0.5, 0.6) is 0 Å². The Labute approximate surface area is 115 Å². The maximum absolute atomic E-state index is 9.98. The fourth-order valence-electron chi connectivity index (χ4n) is 2.28. The quantitative estimate of drug-likeness (QED) is 0.722. The van der Waals surface area contributed by atoms with Crippen LogP contribution in [-0.4, -0.2) is 55.9 Å². The first kappa shape index (κ1) is 14.5. The van der Waals surface area contributed by atoms with Crippen LogP contribution in [0, 0.1) is 0 Å². The van der Waals surface area contributed by atoms with E-state index in [0.29, 0.717) is 6.54 Å².